The number of nitrogens with one attached hydrogen (secondary N) is 1. The second kappa shape index (κ2) is 4.26. The predicted molar refractivity (Wildman–Crippen MR) is 70.9 cm³/mol. The molecule has 0 radical (unpaired) electrons. The summed E-state index contributed by atoms with van der Waals surface area (Å²) in [6.07, 6.45) is -2.77. The van der Waals surface area contributed by atoms with Crippen LogP contribution in [-0.2, 0) is 6.18 Å². The van der Waals surface area contributed by atoms with Crippen LogP contribution in [0.15, 0.2) is 42.6 Å². The van der Waals surface area contributed by atoms with Crippen molar-refractivity contribution in [2.24, 2.45) is 0 Å². The zero-order valence-electron chi connectivity index (χ0n) is 10.2. The molecule has 102 valence electrons. The van der Waals surface area contributed by atoms with Gasteiger partial charge in [-0.2, -0.15) is 13.2 Å². The topological polar surface area (TPSA) is 54.7 Å². The normalized spacial score (nSPS) is 11.9. The average Bonchev–Trinajstić information content (AvgIpc) is 2.81. The summed E-state index contributed by atoms with van der Waals surface area (Å²) in [5, 5.41) is 0.713. The second-order valence-electron chi connectivity index (χ2n) is 4.45. The fourth-order valence-electron chi connectivity index (χ4n) is 2.02. The van der Waals surface area contributed by atoms with Crippen LogP contribution in [0.1, 0.15) is 5.56 Å². The van der Waals surface area contributed by atoms with Gasteiger partial charge in [0.1, 0.15) is 5.82 Å². The Hall–Kier alpha value is -2.50. The fraction of sp³-hybridized carbons (Fsp3) is 0.0714. The number of pyridine rings is 1. The molecular weight excluding hydrogens is 267 g/mol. The molecule has 3 nitrogen and oxygen atoms in total. The zero-order valence-corrected chi connectivity index (χ0v) is 10.2. The summed E-state index contributed by atoms with van der Waals surface area (Å²) in [6.45, 7) is 0. The third-order valence-corrected chi connectivity index (χ3v) is 3.05. The van der Waals surface area contributed by atoms with Crippen LogP contribution in [0.4, 0.5) is 19.0 Å². The predicted octanol–water partition coefficient (Wildman–Crippen LogP) is 3.83. The molecule has 0 amide bonds. The van der Waals surface area contributed by atoms with E-state index >= 15 is 0 Å². The molecule has 2 heterocycles. The minimum Gasteiger partial charge on any atom is -0.384 e. The quantitative estimate of drug-likeness (QED) is 0.710. The Kier molecular flexibility index (Phi) is 2.67. The van der Waals surface area contributed by atoms with E-state index in [2.05, 4.69) is 9.97 Å². The molecule has 6 heteroatoms. The molecule has 3 N–H and O–H groups in total. The molecule has 3 aromatic rings. The lowest BCUT2D eigenvalue weighted by atomic mass is 10.1. The number of nitrogen functional groups attached to an aromatic ring is 1. The van der Waals surface area contributed by atoms with E-state index in [0.29, 0.717) is 22.4 Å². The largest absolute Gasteiger partial charge is 0.416 e. The highest BCUT2D eigenvalue weighted by atomic mass is 19.4. The van der Waals surface area contributed by atoms with Crippen LogP contribution < -0.4 is 5.73 Å². The van der Waals surface area contributed by atoms with E-state index in [1.54, 1.807) is 24.4 Å². The standard InChI is InChI=1S/C14H10F3N3/c15-14(16,17)10-3-1-8-5-11(20-12(8)6-10)9-2-4-13(18)19-7-9/h1-7,20H,(H2,18,19). The van der Waals surface area contributed by atoms with Gasteiger partial charge in [0.25, 0.3) is 0 Å². The van der Waals surface area contributed by atoms with Crippen molar-refractivity contribution in [2.45, 2.75) is 6.18 Å². The third-order valence-electron chi connectivity index (χ3n) is 3.05. The van der Waals surface area contributed by atoms with E-state index in [1.165, 1.54) is 6.07 Å². The monoisotopic (exact) mass is 277 g/mol. The number of anilines is 1. The van der Waals surface area contributed by atoms with Crippen molar-refractivity contribution < 1.29 is 13.2 Å². The molecule has 1 aromatic carbocycles. The van der Waals surface area contributed by atoms with Gasteiger partial charge in [0.2, 0.25) is 0 Å². The van der Waals surface area contributed by atoms with Gasteiger partial charge in [-0.05, 0) is 30.3 Å². The minimum absolute atomic E-state index is 0.393. The number of benzene rings is 1. The van der Waals surface area contributed by atoms with E-state index in [9.17, 15) is 13.2 Å². The number of halogens is 3. The molecule has 0 atom stereocenters. The summed E-state index contributed by atoms with van der Waals surface area (Å²) in [7, 11) is 0. The molecule has 0 aliphatic rings. The molecule has 0 unspecified atom stereocenters. The summed E-state index contributed by atoms with van der Waals surface area (Å²) in [5.74, 6) is 0.393. The highest BCUT2D eigenvalue weighted by molar-refractivity contribution is 5.86. The molecule has 2 aromatic heterocycles. The van der Waals surface area contributed by atoms with Gasteiger partial charge >= 0.3 is 6.18 Å². The lowest BCUT2D eigenvalue weighted by molar-refractivity contribution is -0.137. The molecule has 20 heavy (non-hydrogen) atoms. The number of fused-ring (bicyclic) bond motifs is 1. The maximum absolute atomic E-state index is 12.7. The van der Waals surface area contributed by atoms with Gasteiger partial charge < -0.3 is 10.7 Å². The Balaban J connectivity index is 2.09. The Bertz CT molecular complexity index is 757. The van der Waals surface area contributed by atoms with Crippen molar-refractivity contribution >= 4 is 16.7 Å². The Morgan fingerprint density at radius 2 is 1.85 bits per heavy atom. The van der Waals surface area contributed by atoms with Gasteiger partial charge in [0, 0.05) is 28.4 Å². The number of hydrogen-bond acceptors (Lipinski definition) is 2. The summed E-state index contributed by atoms with van der Waals surface area (Å²) in [6, 6.07) is 8.80. The first-order chi connectivity index (χ1) is 9.43. The average molecular weight is 277 g/mol. The highest BCUT2D eigenvalue weighted by Crippen LogP contribution is 2.32. The maximum Gasteiger partial charge on any atom is 0.416 e. The third kappa shape index (κ3) is 2.20. The SMILES string of the molecule is Nc1ccc(-c2cc3ccc(C(F)(F)F)cc3[nH]2)cn1. The molecule has 0 aliphatic carbocycles. The van der Waals surface area contributed by atoms with Gasteiger partial charge in [0.15, 0.2) is 0 Å². The van der Waals surface area contributed by atoms with E-state index in [0.717, 1.165) is 17.7 Å². The van der Waals surface area contributed by atoms with E-state index < -0.39 is 11.7 Å². The molecule has 0 saturated heterocycles. The molecule has 0 fully saturated rings. The van der Waals surface area contributed by atoms with Gasteiger partial charge in [-0.1, -0.05) is 6.07 Å². The number of rotatable bonds is 1. The summed E-state index contributed by atoms with van der Waals surface area (Å²) >= 11 is 0. The number of hydrogen-bond donors (Lipinski definition) is 2. The minimum atomic E-state index is -4.35. The van der Waals surface area contributed by atoms with E-state index in [1.807, 2.05) is 0 Å². The summed E-state index contributed by atoms with van der Waals surface area (Å²) in [4.78, 5) is 6.92. The van der Waals surface area contributed by atoms with Crippen LogP contribution in [0.3, 0.4) is 0 Å². The zero-order chi connectivity index (χ0) is 14.3. The number of aromatic amines is 1. The number of aromatic nitrogens is 2. The lowest BCUT2D eigenvalue weighted by Crippen LogP contribution is -2.03. The number of nitrogens with zero attached hydrogens (tertiary/aromatic N) is 1. The van der Waals surface area contributed by atoms with Gasteiger partial charge in [-0.3, -0.25) is 0 Å². The molecular formula is C14H10F3N3. The first-order valence-corrected chi connectivity index (χ1v) is 5.85. The van der Waals surface area contributed by atoms with Crippen LogP contribution in [0.5, 0.6) is 0 Å². The van der Waals surface area contributed by atoms with E-state index in [4.69, 9.17) is 5.73 Å². The van der Waals surface area contributed by atoms with Gasteiger partial charge in [-0.25, -0.2) is 4.98 Å². The van der Waals surface area contributed by atoms with Crippen molar-refractivity contribution in [2.75, 3.05) is 5.73 Å². The van der Waals surface area contributed by atoms with E-state index in [-0.39, 0.29) is 0 Å². The fourth-order valence-corrected chi connectivity index (χ4v) is 2.02. The van der Waals surface area contributed by atoms with Crippen LogP contribution in [-0.4, -0.2) is 9.97 Å². The summed E-state index contributed by atoms with van der Waals surface area (Å²) < 4.78 is 38.0. The molecule has 0 saturated carbocycles. The molecule has 3 rings (SSSR count). The van der Waals surface area contributed by atoms with Gasteiger partial charge in [-0.15, -0.1) is 0 Å². The maximum atomic E-state index is 12.7. The Labute approximate surface area is 112 Å². The van der Waals surface area contributed by atoms with Crippen molar-refractivity contribution in [3.63, 3.8) is 0 Å². The highest BCUT2D eigenvalue weighted by Gasteiger charge is 2.30. The van der Waals surface area contributed by atoms with Crippen LogP contribution in [0, 0.1) is 0 Å². The van der Waals surface area contributed by atoms with Crippen molar-refractivity contribution in [3.8, 4) is 11.3 Å². The van der Waals surface area contributed by atoms with Crippen LogP contribution in [0.25, 0.3) is 22.2 Å². The Morgan fingerprint density at radius 1 is 1.05 bits per heavy atom. The summed E-state index contributed by atoms with van der Waals surface area (Å²) in [5.41, 5.74) is 6.73. The second-order valence-corrected chi connectivity index (χ2v) is 4.45. The molecule has 0 spiro atoms. The van der Waals surface area contributed by atoms with Crippen molar-refractivity contribution in [1.29, 1.82) is 0 Å². The number of nitrogens with two attached hydrogens (primary N) is 1. The molecule has 0 aliphatic heterocycles. The lowest BCUT2D eigenvalue weighted by Gasteiger charge is -2.05. The van der Waals surface area contributed by atoms with Crippen molar-refractivity contribution in [3.05, 3.63) is 48.2 Å². The number of alkyl halides is 3. The van der Waals surface area contributed by atoms with Gasteiger partial charge in [0.05, 0.1) is 5.56 Å². The smallest absolute Gasteiger partial charge is 0.384 e. The van der Waals surface area contributed by atoms with Crippen LogP contribution >= 0.6 is 0 Å². The number of H-pyrrole nitrogens is 1. The first-order valence-electron chi connectivity index (χ1n) is 5.85. The van der Waals surface area contributed by atoms with Crippen LogP contribution in [0.2, 0.25) is 0 Å². The molecule has 0 bridgehead atoms. The van der Waals surface area contributed by atoms with Crippen molar-refractivity contribution in [1.82, 2.24) is 9.97 Å². The first kappa shape index (κ1) is 12.5. The Morgan fingerprint density at radius 3 is 2.50 bits per heavy atom.